The average Bonchev–Trinajstić information content (AvgIpc) is 2.65. The summed E-state index contributed by atoms with van der Waals surface area (Å²) in [6, 6.07) is 14.3. The molecule has 2 atom stereocenters. The predicted octanol–water partition coefficient (Wildman–Crippen LogP) is 6.00. The van der Waals surface area contributed by atoms with Gasteiger partial charge in [-0.1, -0.05) is 67.4 Å². The van der Waals surface area contributed by atoms with E-state index in [1.165, 1.54) is 5.56 Å². The molecule has 27 heavy (non-hydrogen) atoms. The second-order valence-corrected chi connectivity index (χ2v) is 8.38. The lowest BCUT2D eigenvalue weighted by molar-refractivity contribution is -0.143. The van der Waals surface area contributed by atoms with Crippen molar-refractivity contribution in [1.82, 2.24) is 4.90 Å². The number of carbonyl (C=O) groups is 1. The van der Waals surface area contributed by atoms with Crippen molar-refractivity contribution in [3.8, 4) is 0 Å². The fourth-order valence-electron chi connectivity index (χ4n) is 3.80. The number of piperidine rings is 1. The maximum absolute atomic E-state index is 11.5. The molecule has 0 saturated carbocycles. The molecule has 144 valence electrons. The van der Waals surface area contributed by atoms with Gasteiger partial charge in [0.15, 0.2) is 0 Å². The normalized spacial score (nSPS) is 19.2. The quantitative estimate of drug-likeness (QED) is 0.662. The van der Waals surface area contributed by atoms with Gasteiger partial charge in [0.05, 0.1) is 22.0 Å². The van der Waals surface area contributed by atoms with Crippen LogP contribution < -0.4 is 0 Å². The van der Waals surface area contributed by atoms with Crippen molar-refractivity contribution < 1.29 is 9.90 Å². The Morgan fingerprint density at radius 3 is 2.26 bits per heavy atom. The first-order valence-electron chi connectivity index (χ1n) is 9.38. The van der Waals surface area contributed by atoms with Crippen molar-refractivity contribution >= 4 is 29.2 Å². The molecule has 0 bridgehead atoms. The molecule has 1 heterocycles. The molecule has 0 spiro atoms. The Balaban J connectivity index is 2.00. The Kier molecular flexibility index (Phi) is 6.46. The number of carboxylic acid groups (broad SMARTS) is 1. The number of benzene rings is 2. The number of hydrogen-bond donors (Lipinski definition) is 1. The Labute approximate surface area is 170 Å². The molecular formula is C22H25Cl2NO2. The van der Waals surface area contributed by atoms with E-state index in [0.717, 1.165) is 30.5 Å². The highest BCUT2D eigenvalue weighted by atomic mass is 35.5. The van der Waals surface area contributed by atoms with Gasteiger partial charge in [-0.05, 0) is 54.1 Å². The summed E-state index contributed by atoms with van der Waals surface area (Å²) in [6.45, 7) is 5.74. The lowest BCUT2D eigenvalue weighted by Crippen LogP contribution is -2.41. The number of halogens is 2. The van der Waals surface area contributed by atoms with E-state index in [1.54, 1.807) is 0 Å². The zero-order valence-corrected chi connectivity index (χ0v) is 17.2. The number of aliphatic carboxylic acids is 1. The first kappa shape index (κ1) is 20.2. The molecule has 1 saturated heterocycles. The van der Waals surface area contributed by atoms with Gasteiger partial charge in [-0.3, -0.25) is 9.69 Å². The summed E-state index contributed by atoms with van der Waals surface area (Å²) in [4.78, 5) is 13.8. The molecule has 2 unspecified atom stereocenters. The van der Waals surface area contributed by atoms with Crippen LogP contribution >= 0.6 is 23.2 Å². The van der Waals surface area contributed by atoms with E-state index in [4.69, 9.17) is 23.2 Å². The molecule has 2 aromatic carbocycles. The molecule has 5 heteroatoms. The first-order chi connectivity index (χ1) is 12.9. The van der Waals surface area contributed by atoms with Crippen LogP contribution in [0.15, 0.2) is 42.5 Å². The molecular weight excluding hydrogens is 381 g/mol. The molecule has 1 aliphatic heterocycles. The molecule has 0 radical (unpaired) electrons. The van der Waals surface area contributed by atoms with Gasteiger partial charge in [0, 0.05) is 6.54 Å². The van der Waals surface area contributed by atoms with E-state index in [9.17, 15) is 9.90 Å². The lowest BCUT2D eigenvalue weighted by Gasteiger charge is -2.37. The number of nitrogens with zero attached hydrogens (tertiary/aromatic N) is 1. The second kappa shape index (κ2) is 8.64. The average molecular weight is 406 g/mol. The van der Waals surface area contributed by atoms with Crippen LogP contribution in [-0.4, -0.2) is 29.1 Å². The van der Waals surface area contributed by atoms with Gasteiger partial charge in [0.1, 0.15) is 0 Å². The van der Waals surface area contributed by atoms with Crippen molar-refractivity contribution in [3.05, 3.63) is 69.2 Å². The molecule has 3 nitrogen and oxygen atoms in total. The summed E-state index contributed by atoms with van der Waals surface area (Å²) in [5, 5.41) is 10.5. The summed E-state index contributed by atoms with van der Waals surface area (Å²) in [5.41, 5.74) is 3.46. The van der Waals surface area contributed by atoms with Crippen LogP contribution in [0.1, 0.15) is 55.3 Å². The van der Waals surface area contributed by atoms with Gasteiger partial charge < -0.3 is 5.11 Å². The fourth-order valence-corrected chi connectivity index (χ4v) is 4.11. The summed E-state index contributed by atoms with van der Waals surface area (Å²) < 4.78 is 0. The van der Waals surface area contributed by atoms with E-state index < -0.39 is 5.97 Å². The highest BCUT2D eigenvalue weighted by Crippen LogP contribution is 2.36. The van der Waals surface area contributed by atoms with Crippen molar-refractivity contribution in [3.63, 3.8) is 0 Å². The molecule has 1 aliphatic rings. The second-order valence-electron chi connectivity index (χ2n) is 7.57. The molecule has 2 aromatic rings. The Morgan fingerprint density at radius 1 is 1.04 bits per heavy atom. The van der Waals surface area contributed by atoms with Crippen LogP contribution in [0.2, 0.25) is 10.0 Å². The molecule has 1 N–H and O–H groups in total. The summed E-state index contributed by atoms with van der Waals surface area (Å²) >= 11 is 12.4. The van der Waals surface area contributed by atoms with Gasteiger partial charge >= 0.3 is 5.97 Å². The van der Waals surface area contributed by atoms with E-state index in [2.05, 4.69) is 43.0 Å². The van der Waals surface area contributed by atoms with Crippen molar-refractivity contribution in [2.24, 2.45) is 5.92 Å². The fraction of sp³-hybridized carbons (Fsp3) is 0.409. The maximum atomic E-state index is 11.5. The minimum absolute atomic E-state index is 0.0388. The maximum Gasteiger partial charge on any atom is 0.307 e. The van der Waals surface area contributed by atoms with Crippen molar-refractivity contribution in [2.75, 3.05) is 13.1 Å². The molecule has 0 aliphatic carbocycles. The van der Waals surface area contributed by atoms with Crippen LogP contribution in [0.4, 0.5) is 0 Å². The zero-order valence-electron chi connectivity index (χ0n) is 15.7. The summed E-state index contributed by atoms with van der Waals surface area (Å²) in [7, 11) is 0. The Morgan fingerprint density at radius 2 is 1.67 bits per heavy atom. The smallest absolute Gasteiger partial charge is 0.307 e. The van der Waals surface area contributed by atoms with Crippen LogP contribution in [0.3, 0.4) is 0 Å². The van der Waals surface area contributed by atoms with E-state index in [-0.39, 0.29) is 12.0 Å². The predicted molar refractivity (Wildman–Crippen MR) is 111 cm³/mol. The Bertz CT molecular complexity index is 804. The SMILES string of the molecule is CC(C)c1ccc(C(c2ccc(Cl)c(Cl)c2)N2CCCC(C(=O)O)C2)cc1. The van der Waals surface area contributed by atoms with E-state index in [0.29, 0.717) is 22.5 Å². The third-order valence-electron chi connectivity index (χ3n) is 5.35. The monoisotopic (exact) mass is 405 g/mol. The van der Waals surface area contributed by atoms with Gasteiger partial charge in [0.25, 0.3) is 0 Å². The van der Waals surface area contributed by atoms with E-state index in [1.807, 2.05) is 18.2 Å². The van der Waals surface area contributed by atoms with Gasteiger partial charge in [-0.25, -0.2) is 0 Å². The largest absolute Gasteiger partial charge is 0.481 e. The van der Waals surface area contributed by atoms with E-state index >= 15 is 0 Å². The van der Waals surface area contributed by atoms with Gasteiger partial charge in [0.2, 0.25) is 0 Å². The molecule has 1 fully saturated rings. The van der Waals surface area contributed by atoms with Crippen molar-refractivity contribution in [2.45, 2.75) is 38.6 Å². The standard InChI is InChI=1S/C22H25Cl2NO2/c1-14(2)15-5-7-16(8-6-15)21(17-9-10-19(23)20(24)12-17)25-11-3-4-18(13-25)22(26)27/h5-10,12,14,18,21H,3-4,11,13H2,1-2H3,(H,26,27). The zero-order chi connectivity index (χ0) is 19.6. The highest BCUT2D eigenvalue weighted by molar-refractivity contribution is 6.42. The van der Waals surface area contributed by atoms with Gasteiger partial charge in [-0.15, -0.1) is 0 Å². The number of carboxylic acids is 1. The lowest BCUT2D eigenvalue weighted by atomic mass is 9.90. The third kappa shape index (κ3) is 4.66. The number of likely N-dealkylation sites (tertiary alicyclic amines) is 1. The van der Waals surface area contributed by atoms with Crippen LogP contribution in [0, 0.1) is 5.92 Å². The highest BCUT2D eigenvalue weighted by Gasteiger charge is 2.31. The minimum atomic E-state index is -0.720. The topological polar surface area (TPSA) is 40.5 Å². The number of rotatable bonds is 5. The Hall–Kier alpha value is -1.55. The molecule has 0 aromatic heterocycles. The van der Waals surface area contributed by atoms with Crippen LogP contribution in [0.5, 0.6) is 0 Å². The van der Waals surface area contributed by atoms with Gasteiger partial charge in [-0.2, -0.15) is 0 Å². The summed E-state index contributed by atoms with van der Waals surface area (Å²) in [6.07, 6.45) is 1.60. The molecule has 0 amide bonds. The van der Waals surface area contributed by atoms with Crippen LogP contribution in [0.25, 0.3) is 0 Å². The van der Waals surface area contributed by atoms with Crippen LogP contribution in [-0.2, 0) is 4.79 Å². The summed E-state index contributed by atoms with van der Waals surface area (Å²) in [5.74, 6) is -0.587. The first-order valence-corrected chi connectivity index (χ1v) is 10.1. The number of hydrogen-bond acceptors (Lipinski definition) is 2. The minimum Gasteiger partial charge on any atom is -0.481 e. The van der Waals surface area contributed by atoms with Crippen molar-refractivity contribution in [1.29, 1.82) is 0 Å². The third-order valence-corrected chi connectivity index (χ3v) is 6.08. The molecule has 3 rings (SSSR count).